The second kappa shape index (κ2) is 5.69. The number of piperazine rings is 1. The molecular formula is C5H9N2NaS2. The van der Waals surface area contributed by atoms with Crippen LogP contribution in [-0.4, -0.2) is 35.4 Å². The van der Waals surface area contributed by atoms with Crippen LogP contribution in [-0.2, 0) is 12.6 Å². The van der Waals surface area contributed by atoms with Gasteiger partial charge in [0.15, 0.2) is 0 Å². The summed E-state index contributed by atoms with van der Waals surface area (Å²) in [7, 11) is 0. The van der Waals surface area contributed by atoms with E-state index in [9.17, 15) is 0 Å². The normalized spacial score (nSPS) is 17.8. The molecule has 0 atom stereocenters. The van der Waals surface area contributed by atoms with Gasteiger partial charge in [0.25, 0.3) is 0 Å². The van der Waals surface area contributed by atoms with E-state index >= 15 is 0 Å². The average molecular weight is 184 g/mol. The molecular weight excluding hydrogens is 175 g/mol. The number of thiocarbonyl (C=S) groups is 1. The van der Waals surface area contributed by atoms with Crippen LogP contribution in [0.15, 0.2) is 0 Å². The Labute approximate surface area is 94.4 Å². The van der Waals surface area contributed by atoms with Gasteiger partial charge in [-0.25, -0.2) is 0 Å². The Bertz CT molecular complexity index is 114. The molecule has 0 amide bonds. The third-order valence-corrected chi connectivity index (χ3v) is 1.89. The van der Waals surface area contributed by atoms with E-state index in [2.05, 4.69) is 5.32 Å². The summed E-state index contributed by atoms with van der Waals surface area (Å²) < 4.78 is 0.608. The van der Waals surface area contributed by atoms with E-state index in [0.717, 1.165) is 26.2 Å². The minimum Gasteiger partial charge on any atom is -0.411 e. The SMILES string of the molecule is S=C([S-])N1CCNCC1.[Na+]. The molecule has 1 N–H and O–H groups in total. The molecule has 1 aliphatic heterocycles. The number of nitrogens with one attached hydrogen (secondary N) is 1. The van der Waals surface area contributed by atoms with Crippen LogP contribution >= 0.6 is 12.2 Å². The smallest absolute Gasteiger partial charge is 0.411 e. The molecule has 1 rings (SSSR count). The molecule has 52 valence electrons. The Morgan fingerprint density at radius 1 is 1.40 bits per heavy atom. The van der Waals surface area contributed by atoms with Crippen LogP contribution in [0.5, 0.6) is 0 Å². The molecule has 0 aromatic heterocycles. The van der Waals surface area contributed by atoms with Gasteiger partial charge in [-0.05, 0) is 0 Å². The molecule has 0 aromatic carbocycles. The Morgan fingerprint density at radius 2 is 1.90 bits per heavy atom. The van der Waals surface area contributed by atoms with E-state index in [0.29, 0.717) is 4.32 Å². The number of nitrogens with zero attached hydrogens (tertiary/aromatic N) is 1. The van der Waals surface area contributed by atoms with Crippen LogP contribution in [0.25, 0.3) is 0 Å². The summed E-state index contributed by atoms with van der Waals surface area (Å²) in [5.41, 5.74) is 0. The molecule has 0 bridgehead atoms. The van der Waals surface area contributed by atoms with E-state index in [1.165, 1.54) is 0 Å². The van der Waals surface area contributed by atoms with Gasteiger partial charge in [0.1, 0.15) is 0 Å². The molecule has 0 aliphatic carbocycles. The van der Waals surface area contributed by atoms with Crippen molar-refractivity contribution in [3.05, 3.63) is 0 Å². The van der Waals surface area contributed by atoms with Gasteiger partial charge >= 0.3 is 29.6 Å². The van der Waals surface area contributed by atoms with Crippen LogP contribution in [0.1, 0.15) is 0 Å². The van der Waals surface area contributed by atoms with E-state index in [4.69, 9.17) is 24.8 Å². The Kier molecular flexibility index (Phi) is 6.29. The van der Waals surface area contributed by atoms with Gasteiger partial charge in [-0.1, -0.05) is 4.32 Å². The molecule has 0 aromatic rings. The standard InChI is InChI=1S/C5H10N2S2.Na/c8-5(9)7-3-1-6-2-4-7;/h6H,1-4H2,(H,8,9);/q;+1/p-1. The van der Waals surface area contributed by atoms with E-state index in [-0.39, 0.29) is 29.6 Å². The molecule has 0 unspecified atom stereocenters. The van der Waals surface area contributed by atoms with Crippen molar-refractivity contribution in [3.63, 3.8) is 0 Å². The van der Waals surface area contributed by atoms with Crippen molar-refractivity contribution in [2.24, 2.45) is 0 Å². The van der Waals surface area contributed by atoms with Crippen LogP contribution in [0, 0.1) is 0 Å². The average Bonchev–Trinajstić information content (AvgIpc) is 1.90. The molecule has 5 heteroatoms. The Balaban J connectivity index is 0.000000810. The predicted octanol–water partition coefficient (Wildman–Crippen LogP) is -3.27. The Morgan fingerprint density at radius 3 is 2.20 bits per heavy atom. The zero-order valence-electron chi connectivity index (χ0n) is 6.09. The third kappa shape index (κ3) is 3.46. The first kappa shape index (κ1) is 11.1. The first-order valence-electron chi connectivity index (χ1n) is 2.97. The maximum atomic E-state index is 4.83. The van der Waals surface area contributed by atoms with Crippen molar-refractivity contribution in [1.29, 1.82) is 0 Å². The summed E-state index contributed by atoms with van der Waals surface area (Å²) in [6, 6.07) is 0. The third-order valence-electron chi connectivity index (χ3n) is 1.38. The summed E-state index contributed by atoms with van der Waals surface area (Å²) in [6.45, 7) is 3.97. The molecule has 0 saturated carbocycles. The van der Waals surface area contributed by atoms with Crippen LogP contribution in [0.2, 0.25) is 0 Å². The van der Waals surface area contributed by atoms with Gasteiger partial charge in [0.05, 0.1) is 0 Å². The molecule has 1 fully saturated rings. The maximum Gasteiger partial charge on any atom is 1.00 e. The molecule has 0 radical (unpaired) electrons. The van der Waals surface area contributed by atoms with Gasteiger partial charge in [0, 0.05) is 26.2 Å². The fraction of sp³-hybridized carbons (Fsp3) is 0.800. The van der Waals surface area contributed by atoms with Gasteiger partial charge in [-0.2, -0.15) is 0 Å². The minimum absolute atomic E-state index is 0. The number of rotatable bonds is 0. The van der Waals surface area contributed by atoms with Crippen molar-refractivity contribution in [1.82, 2.24) is 10.2 Å². The topological polar surface area (TPSA) is 15.3 Å². The van der Waals surface area contributed by atoms with Crippen molar-refractivity contribution in [2.45, 2.75) is 0 Å². The van der Waals surface area contributed by atoms with Crippen LogP contribution in [0.3, 0.4) is 0 Å². The summed E-state index contributed by atoms with van der Waals surface area (Å²) in [5, 5.41) is 3.22. The largest absolute Gasteiger partial charge is 1.00 e. The summed E-state index contributed by atoms with van der Waals surface area (Å²) in [6.07, 6.45) is 0. The van der Waals surface area contributed by atoms with Gasteiger partial charge in [0.2, 0.25) is 0 Å². The van der Waals surface area contributed by atoms with Gasteiger partial charge in [-0.3, -0.25) is 0 Å². The first-order chi connectivity index (χ1) is 4.30. The quantitative estimate of drug-likeness (QED) is 0.241. The molecule has 2 nitrogen and oxygen atoms in total. The fourth-order valence-electron chi connectivity index (χ4n) is 0.847. The summed E-state index contributed by atoms with van der Waals surface area (Å²) >= 11 is 9.66. The molecule has 1 saturated heterocycles. The summed E-state index contributed by atoms with van der Waals surface area (Å²) in [4.78, 5) is 2.04. The van der Waals surface area contributed by atoms with Gasteiger partial charge in [-0.15, -0.1) is 0 Å². The number of hydrogen-bond donors (Lipinski definition) is 1. The zero-order chi connectivity index (χ0) is 6.69. The van der Waals surface area contributed by atoms with Crippen LogP contribution < -0.4 is 34.9 Å². The van der Waals surface area contributed by atoms with Crippen molar-refractivity contribution < 1.29 is 29.6 Å². The Hall–Kier alpha value is 1.07. The maximum absolute atomic E-state index is 4.83. The van der Waals surface area contributed by atoms with Crippen molar-refractivity contribution in [3.8, 4) is 0 Å². The van der Waals surface area contributed by atoms with Crippen LogP contribution in [0.4, 0.5) is 0 Å². The fourth-order valence-corrected chi connectivity index (χ4v) is 1.21. The molecule has 0 spiro atoms. The second-order valence-corrected chi connectivity index (χ2v) is 3.03. The second-order valence-electron chi connectivity index (χ2n) is 2.00. The zero-order valence-corrected chi connectivity index (χ0v) is 9.73. The monoisotopic (exact) mass is 184 g/mol. The summed E-state index contributed by atoms with van der Waals surface area (Å²) in [5.74, 6) is 0. The molecule has 1 heterocycles. The van der Waals surface area contributed by atoms with E-state index < -0.39 is 0 Å². The van der Waals surface area contributed by atoms with E-state index in [1.807, 2.05) is 4.90 Å². The number of hydrogen-bond acceptors (Lipinski definition) is 3. The molecule has 1 aliphatic rings. The first-order valence-corrected chi connectivity index (χ1v) is 3.79. The van der Waals surface area contributed by atoms with E-state index in [1.54, 1.807) is 0 Å². The van der Waals surface area contributed by atoms with Crippen molar-refractivity contribution >= 4 is 29.2 Å². The van der Waals surface area contributed by atoms with Gasteiger partial charge < -0.3 is 35.1 Å². The minimum atomic E-state index is 0. The molecule has 10 heavy (non-hydrogen) atoms. The predicted molar refractivity (Wildman–Crippen MR) is 44.4 cm³/mol. The van der Waals surface area contributed by atoms with Crippen molar-refractivity contribution in [2.75, 3.05) is 26.2 Å².